The van der Waals surface area contributed by atoms with Gasteiger partial charge in [0.2, 0.25) is 5.91 Å². The molecule has 4 aromatic carbocycles. The molecule has 0 atom stereocenters. The predicted molar refractivity (Wildman–Crippen MR) is 177 cm³/mol. The third kappa shape index (κ3) is 7.35. The molecule has 10 nitrogen and oxygen atoms in total. The lowest BCUT2D eigenvalue weighted by Gasteiger charge is -2.15. The van der Waals surface area contributed by atoms with Gasteiger partial charge in [0.15, 0.2) is 11.5 Å². The highest BCUT2D eigenvalue weighted by atomic mass is 16.5. The SMILES string of the molecule is COc1ccc(CCNC(=O)Cn2c(=O)n(Cc3ccc(C(=O)NCc4ccc(C)cc4)cc3)c(=O)c3ccccc32)cc1OC. The number of amides is 2. The maximum absolute atomic E-state index is 13.6. The second kappa shape index (κ2) is 14.4. The molecule has 10 heteroatoms. The van der Waals surface area contributed by atoms with Crippen LogP contribution in [0.5, 0.6) is 11.5 Å². The fourth-order valence-corrected chi connectivity index (χ4v) is 5.18. The molecule has 0 aliphatic rings. The summed E-state index contributed by atoms with van der Waals surface area (Å²) in [5.41, 5.74) is 3.54. The predicted octanol–water partition coefficient (Wildman–Crippen LogP) is 3.83. The maximum Gasteiger partial charge on any atom is 0.332 e. The first-order valence-electron chi connectivity index (χ1n) is 14.9. The normalized spacial score (nSPS) is 10.8. The van der Waals surface area contributed by atoms with Gasteiger partial charge < -0.3 is 20.1 Å². The first-order chi connectivity index (χ1) is 22.3. The molecule has 0 radical (unpaired) electrons. The van der Waals surface area contributed by atoms with Gasteiger partial charge in [-0.25, -0.2) is 4.79 Å². The molecule has 1 aromatic heterocycles. The highest BCUT2D eigenvalue weighted by Gasteiger charge is 2.16. The number of rotatable bonds is 12. The lowest BCUT2D eigenvalue weighted by molar-refractivity contribution is -0.121. The van der Waals surface area contributed by atoms with Crippen LogP contribution in [0.25, 0.3) is 10.9 Å². The van der Waals surface area contributed by atoms with Gasteiger partial charge in [-0.05, 0) is 66.4 Å². The molecule has 0 aliphatic heterocycles. The van der Waals surface area contributed by atoms with E-state index in [4.69, 9.17) is 9.47 Å². The molecule has 1 heterocycles. The molecule has 46 heavy (non-hydrogen) atoms. The van der Waals surface area contributed by atoms with E-state index in [1.807, 2.05) is 43.3 Å². The molecule has 0 saturated carbocycles. The Balaban J connectivity index is 1.28. The van der Waals surface area contributed by atoms with Crippen molar-refractivity contribution in [2.45, 2.75) is 33.0 Å². The molecule has 0 saturated heterocycles. The van der Waals surface area contributed by atoms with Crippen molar-refractivity contribution in [3.8, 4) is 11.5 Å². The molecular formula is C36H36N4O6. The molecule has 0 bridgehead atoms. The van der Waals surface area contributed by atoms with Gasteiger partial charge in [0, 0.05) is 18.7 Å². The fourth-order valence-electron chi connectivity index (χ4n) is 5.18. The second-order valence-corrected chi connectivity index (χ2v) is 10.9. The van der Waals surface area contributed by atoms with Crippen LogP contribution >= 0.6 is 0 Å². The van der Waals surface area contributed by atoms with Gasteiger partial charge >= 0.3 is 5.69 Å². The monoisotopic (exact) mass is 620 g/mol. The highest BCUT2D eigenvalue weighted by molar-refractivity contribution is 5.94. The minimum Gasteiger partial charge on any atom is -0.493 e. The Kier molecular flexibility index (Phi) is 9.97. The Labute approximate surface area is 266 Å². The minimum absolute atomic E-state index is 0.0192. The van der Waals surface area contributed by atoms with Crippen LogP contribution in [-0.4, -0.2) is 41.7 Å². The van der Waals surface area contributed by atoms with Crippen molar-refractivity contribution < 1.29 is 19.1 Å². The highest BCUT2D eigenvalue weighted by Crippen LogP contribution is 2.27. The molecule has 0 aliphatic carbocycles. The van der Waals surface area contributed by atoms with Gasteiger partial charge in [-0.2, -0.15) is 0 Å². The third-order valence-electron chi connectivity index (χ3n) is 7.75. The van der Waals surface area contributed by atoms with Crippen LogP contribution < -0.4 is 31.4 Å². The van der Waals surface area contributed by atoms with E-state index in [2.05, 4.69) is 10.6 Å². The zero-order valence-corrected chi connectivity index (χ0v) is 26.0. The molecule has 2 amide bonds. The number of nitrogens with one attached hydrogen (secondary N) is 2. The van der Waals surface area contributed by atoms with E-state index in [-0.39, 0.29) is 24.9 Å². The van der Waals surface area contributed by atoms with Gasteiger partial charge in [-0.15, -0.1) is 0 Å². The van der Waals surface area contributed by atoms with Crippen molar-refractivity contribution in [1.29, 1.82) is 0 Å². The van der Waals surface area contributed by atoms with E-state index < -0.39 is 11.2 Å². The number of ether oxygens (including phenoxy) is 2. The third-order valence-corrected chi connectivity index (χ3v) is 7.75. The molecule has 0 spiro atoms. The summed E-state index contributed by atoms with van der Waals surface area (Å²) in [6.45, 7) is 2.47. The van der Waals surface area contributed by atoms with Crippen LogP contribution in [-0.2, 0) is 30.8 Å². The number of benzene rings is 4. The standard InChI is InChI=1S/C36H36N4O6/c1-24-8-10-26(11-9-24)21-38-34(42)28-15-12-27(13-16-28)22-40-35(43)29-6-4-5-7-30(29)39(36(40)44)23-33(41)37-19-18-25-14-17-31(45-2)32(20-25)46-3/h4-17,20H,18-19,21-23H2,1-3H3,(H,37,41)(H,38,42). The average molecular weight is 621 g/mol. The van der Waals surface area contributed by atoms with E-state index in [0.717, 1.165) is 21.3 Å². The largest absolute Gasteiger partial charge is 0.493 e. The summed E-state index contributed by atoms with van der Waals surface area (Å²) >= 11 is 0. The van der Waals surface area contributed by atoms with Gasteiger partial charge in [-0.1, -0.05) is 60.2 Å². The van der Waals surface area contributed by atoms with Gasteiger partial charge in [0.1, 0.15) is 6.54 Å². The first kappa shape index (κ1) is 31.8. The summed E-state index contributed by atoms with van der Waals surface area (Å²) in [7, 11) is 3.13. The van der Waals surface area contributed by atoms with Crippen molar-refractivity contribution in [2.24, 2.45) is 0 Å². The number of hydrogen-bond acceptors (Lipinski definition) is 6. The van der Waals surface area contributed by atoms with Crippen LogP contribution in [0.1, 0.15) is 32.6 Å². The van der Waals surface area contributed by atoms with Gasteiger partial charge in [-0.3, -0.25) is 23.5 Å². The zero-order chi connectivity index (χ0) is 32.6. The van der Waals surface area contributed by atoms with Crippen molar-refractivity contribution in [3.05, 3.63) is 140 Å². The van der Waals surface area contributed by atoms with Crippen LogP contribution in [0.2, 0.25) is 0 Å². The summed E-state index contributed by atoms with van der Waals surface area (Å²) in [6.07, 6.45) is 0.543. The Hall–Kier alpha value is -5.64. The number of para-hydroxylation sites is 1. The van der Waals surface area contributed by atoms with E-state index in [1.54, 1.807) is 68.8 Å². The lowest BCUT2D eigenvalue weighted by Crippen LogP contribution is -2.43. The van der Waals surface area contributed by atoms with Crippen LogP contribution in [0, 0.1) is 6.92 Å². The zero-order valence-electron chi connectivity index (χ0n) is 26.0. The number of carbonyl (C=O) groups is 2. The van der Waals surface area contributed by atoms with E-state index >= 15 is 0 Å². The second-order valence-electron chi connectivity index (χ2n) is 10.9. The number of fused-ring (bicyclic) bond motifs is 1. The summed E-state index contributed by atoms with van der Waals surface area (Å²) in [6, 6.07) is 27.0. The number of nitrogens with zero attached hydrogens (tertiary/aromatic N) is 2. The first-order valence-corrected chi connectivity index (χ1v) is 14.9. The van der Waals surface area contributed by atoms with Gasteiger partial charge in [0.25, 0.3) is 11.5 Å². The van der Waals surface area contributed by atoms with E-state index in [0.29, 0.717) is 53.0 Å². The Morgan fingerprint density at radius 2 is 1.41 bits per heavy atom. The number of methoxy groups -OCH3 is 2. The minimum atomic E-state index is -0.598. The van der Waals surface area contributed by atoms with Crippen molar-refractivity contribution in [1.82, 2.24) is 19.8 Å². The molecule has 5 aromatic rings. The van der Waals surface area contributed by atoms with Crippen molar-refractivity contribution in [2.75, 3.05) is 20.8 Å². The Morgan fingerprint density at radius 3 is 2.13 bits per heavy atom. The summed E-state index contributed by atoms with van der Waals surface area (Å²) in [5.74, 6) is 0.628. The molecule has 0 unspecified atom stereocenters. The summed E-state index contributed by atoms with van der Waals surface area (Å²) < 4.78 is 13.1. The van der Waals surface area contributed by atoms with E-state index in [9.17, 15) is 19.2 Å². The van der Waals surface area contributed by atoms with Crippen LogP contribution in [0.15, 0.2) is 101 Å². The van der Waals surface area contributed by atoms with Crippen LogP contribution in [0.3, 0.4) is 0 Å². The molecule has 0 fully saturated rings. The number of aryl methyl sites for hydroxylation is 1. The maximum atomic E-state index is 13.6. The smallest absolute Gasteiger partial charge is 0.332 e. The molecule has 236 valence electrons. The summed E-state index contributed by atoms with van der Waals surface area (Å²) in [4.78, 5) is 52.7. The summed E-state index contributed by atoms with van der Waals surface area (Å²) in [5, 5.41) is 6.10. The number of carbonyl (C=O) groups excluding carboxylic acids is 2. The lowest BCUT2D eigenvalue weighted by atomic mass is 10.1. The van der Waals surface area contributed by atoms with Crippen LogP contribution in [0.4, 0.5) is 0 Å². The average Bonchev–Trinajstić information content (AvgIpc) is 3.08. The fraction of sp³-hybridized carbons (Fsp3) is 0.222. The Morgan fingerprint density at radius 1 is 0.739 bits per heavy atom. The van der Waals surface area contributed by atoms with E-state index in [1.165, 1.54) is 4.57 Å². The number of aromatic nitrogens is 2. The Bertz CT molecular complexity index is 1980. The molecule has 2 N–H and O–H groups in total. The molecular weight excluding hydrogens is 584 g/mol. The van der Waals surface area contributed by atoms with Gasteiger partial charge in [0.05, 0.1) is 31.7 Å². The molecule has 5 rings (SSSR count). The quantitative estimate of drug-likeness (QED) is 0.219. The van der Waals surface area contributed by atoms with Crippen molar-refractivity contribution in [3.63, 3.8) is 0 Å². The van der Waals surface area contributed by atoms with Crippen molar-refractivity contribution >= 4 is 22.7 Å². The number of hydrogen-bond donors (Lipinski definition) is 2. The topological polar surface area (TPSA) is 121 Å².